The highest BCUT2D eigenvalue weighted by Gasteiger charge is 2.18. The zero-order valence-corrected chi connectivity index (χ0v) is 11.4. The third-order valence-corrected chi connectivity index (χ3v) is 4.72. The highest BCUT2D eigenvalue weighted by molar-refractivity contribution is 7.84. The summed E-state index contributed by atoms with van der Waals surface area (Å²) in [5.41, 5.74) is 1.13. The second-order valence-corrected chi connectivity index (χ2v) is 5.81. The van der Waals surface area contributed by atoms with E-state index in [-0.39, 0.29) is 5.25 Å². The van der Waals surface area contributed by atoms with Crippen LogP contribution in [0.4, 0.5) is 0 Å². The first-order valence-corrected chi connectivity index (χ1v) is 7.35. The van der Waals surface area contributed by atoms with E-state index in [0.29, 0.717) is 5.75 Å². The fraction of sp³-hybridized carbons (Fsp3) is 0.385. The molecule has 0 N–H and O–H groups in total. The summed E-state index contributed by atoms with van der Waals surface area (Å²) in [5, 5.41) is 7.86. The summed E-state index contributed by atoms with van der Waals surface area (Å²) >= 11 is 0. The molecule has 0 aliphatic carbocycles. The van der Waals surface area contributed by atoms with Crippen LogP contribution in [-0.2, 0) is 23.6 Å². The molecule has 18 heavy (non-hydrogen) atoms. The lowest BCUT2D eigenvalue weighted by molar-refractivity contribution is 0.664. The number of rotatable bonds is 5. The Labute approximate surface area is 110 Å². The first-order valence-electron chi connectivity index (χ1n) is 5.97. The molecule has 1 aromatic heterocycles. The molecule has 0 aliphatic rings. The molecule has 4 nitrogen and oxygen atoms in total. The van der Waals surface area contributed by atoms with E-state index in [9.17, 15) is 4.21 Å². The van der Waals surface area contributed by atoms with Gasteiger partial charge in [-0.2, -0.15) is 0 Å². The molecule has 0 saturated carbocycles. The van der Waals surface area contributed by atoms with Crippen LogP contribution in [0.15, 0.2) is 36.7 Å². The molecule has 96 valence electrons. The largest absolute Gasteiger partial charge is 0.320 e. The molecule has 1 aromatic carbocycles. The average molecular weight is 263 g/mol. The smallest absolute Gasteiger partial charge is 0.145 e. The fourth-order valence-corrected chi connectivity index (χ4v) is 3.46. The Bertz CT molecular complexity index is 524. The van der Waals surface area contributed by atoms with Crippen molar-refractivity contribution < 1.29 is 4.21 Å². The van der Waals surface area contributed by atoms with Gasteiger partial charge in [-0.1, -0.05) is 37.3 Å². The van der Waals surface area contributed by atoms with Gasteiger partial charge in [-0.3, -0.25) is 4.21 Å². The summed E-state index contributed by atoms with van der Waals surface area (Å²) in [6.07, 6.45) is 2.49. The molecule has 0 spiro atoms. The number of aromatic nitrogens is 3. The van der Waals surface area contributed by atoms with Crippen LogP contribution in [0.25, 0.3) is 0 Å². The van der Waals surface area contributed by atoms with Gasteiger partial charge in [-0.15, -0.1) is 10.2 Å². The standard InChI is InChI=1S/C13H17N3OS/c1-3-12(11-7-5-4-6-8-11)18(17)9-13-15-14-10-16(13)2/h4-8,10,12H,3,9H2,1-2H3/t12-,18-/m1/s1. The SMILES string of the molecule is CC[C@H](c1ccccc1)[S@](=O)Cc1nncn1C. The summed E-state index contributed by atoms with van der Waals surface area (Å²) in [6, 6.07) is 10.0. The van der Waals surface area contributed by atoms with Crippen molar-refractivity contribution >= 4 is 10.8 Å². The van der Waals surface area contributed by atoms with E-state index >= 15 is 0 Å². The average Bonchev–Trinajstić information content (AvgIpc) is 2.77. The molecular formula is C13H17N3OS. The second kappa shape index (κ2) is 5.91. The lowest BCUT2D eigenvalue weighted by atomic mass is 10.1. The van der Waals surface area contributed by atoms with Gasteiger partial charge in [-0.25, -0.2) is 0 Å². The molecule has 0 fully saturated rings. The molecule has 2 atom stereocenters. The van der Waals surface area contributed by atoms with Gasteiger partial charge in [0.15, 0.2) is 0 Å². The van der Waals surface area contributed by atoms with Crippen LogP contribution in [0, 0.1) is 0 Å². The van der Waals surface area contributed by atoms with Gasteiger partial charge in [0.2, 0.25) is 0 Å². The van der Waals surface area contributed by atoms with E-state index < -0.39 is 10.8 Å². The third-order valence-electron chi connectivity index (χ3n) is 2.94. The molecule has 0 radical (unpaired) electrons. The Balaban J connectivity index is 2.14. The number of hydrogen-bond donors (Lipinski definition) is 0. The molecule has 5 heteroatoms. The maximum absolute atomic E-state index is 12.4. The van der Waals surface area contributed by atoms with Gasteiger partial charge >= 0.3 is 0 Å². The Kier molecular flexibility index (Phi) is 4.25. The highest BCUT2D eigenvalue weighted by atomic mass is 32.2. The Morgan fingerprint density at radius 1 is 1.33 bits per heavy atom. The predicted octanol–water partition coefficient (Wildman–Crippen LogP) is 2.22. The molecule has 2 aromatic rings. The topological polar surface area (TPSA) is 47.8 Å². The summed E-state index contributed by atoms with van der Waals surface area (Å²) in [6.45, 7) is 2.06. The van der Waals surface area contributed by atoms with Crippen molar-refractivity contribution in [1.82, 2.24) is 14.8 Å². The van der Waals surface area contributed by atoms with Gasteiger partial charge in [0.1, 0.15) is 12.2 Å². The van der Waals surface area contributed by atoms with Crippen LogP contribution in [0.5, 0.6) is 0 Å². The zero-order chi connectivity index (χ0) is 13.0. The maximum Gasteiger partial charge on any atom is 0.145 e. The minimum Gasteiger partial charge on any atom is -0.320 e. The summed E-state index contributed by atoms with van der Waals surface area (Å²) < 4.78 is 14.2. The van der Waals surface area contributed by atoms with E-state index in [0.717, 1.165) is 17.8 Å². The molecular weight excluding hydrogens is 246 g/mol. The number of nitrogens with zero attached hydrogens (tertiary/aromatic N) is 3. The molecule has 0 amide bonds. The molecule has 2 rings (SSSR count). The van der Waals surface area contributed by atoms with Crippen LogP contribution in [0.1, 0.15) is 30.0 Å². The van der Waals surface area contributed by atoms with Gasteiger partial charge in [0.05, 0.1) is 11.0 Å². The van der Waals surface area contributed by atoms with Crippen LogP contribution in [0.2, 0.25) is 0 Å². The Hall–Kier alpha value is -1.49. The first kappa shape index (κ1) is 13.0. The minimum absolute atomic E-state index is 0.0582. The van der Waals surface area contributed by atoms with E-state index in [1.54, 1.807) is 6.33 Å². The van der Waals surface area contributed by atoms with E-state index in [1.165, 1.54) is 0 Å². The van der Waals surface area contributed by atoms with Crippen molar-refractivity contribution in [3.05, 3.63) is 48.0 Å². The van der Waals surface area contributed by atoms with Gasteiger partial charge in [-0.05, 0) is 12.0 Å². The van der Waals surface area contributed by atoms with Crippen LogP contribution >= 0.6 is 0 Å². The quantitative estimate of drug-likeness (QED) is 0.831. The summed E-state index contributed by atoms with van der Waals surface area (Å²) in [4.78, 5) is 0. The lowest BCUT2D eigenvalue weighted by Crippen LogP contribution is -2.10. The van der Waals surface area contributed by atoms with Gasteiger partial charge < -0.3 is 4.57 Å². The van der Waals surface area contributed by atoms with E-state index in [2.05, 4.69) is 17.1 Å². The predicted molar refractivity (Wildman–Crippen MR) is 72.3 cm³/mol. The van der Waals surface area contributed by atoms with Crippen molar-refractivity contribution in [2.75, 3.05) is 0 Å². The summed E-state index contributed by atoms with van der Waals surface area (Å²) in [5.74, 6) is 1.21. The van der Waals surface area contributed by atoms with Crippen LogP contribution in [0.3, 0.4) is 0 Å². The summed E-state index contributed by atoms with van der Waals surface area (Å²) in [7, 11) is 0.899. The fourth-order valence-electron chi connectivity index (χ4n) is 1.91. The molecule has 1 heterocycles. The van der Waals surface area contributed by atoms with E-state index in [1.807, 2.05) is 41.9 Å². The molecule has 0 bridgehead atoms. The zero-order valence-electron chi connectivity index (χ0n) is 10.6. The molecule has 0 saturated heterocycles. The maximum atomic E-state index is 12.4. The number of benzene rings is 1. The van der Waals surface area contributed by atoms with Crippen molar-refractivity contribution in [3.63, 3.8) is 0 Å². The van der Waals surface area contributed by atoms with Gasteiger partial charge in [0, 0.05) is 17.8 Å². The van der Waals surface area contributed by atoms with Gasteiger partial charge in [0.25, 0.3) is 0 Å². The molecule has 0 unspecified atom stereocenters. The first-order chi connectivity index (χ1) is 8.72. The normalized spacial score (nSPS) is 14.3. The Morgan fingerprint density at radius 2 is 2.06 bits per heavy atom. The van der Waals surface area contributed by atoms with Crippen molar-refractivity contribution in [3.8, 4) is 0 Å². The third kappa shape index (κ3) is 2.85. The molecule has 0 aliphatic heterocycles. The van der Waals surface area contributed by atoms with E-state index in [4.69, 9.17) is 0 Å². The van der Waals surface area contributed by atoms with Crippen molar-refractivity contribution in [2.24, 2.45) is 7.05 Å². The van der Waals surface area contributed by atoms with Crippen LogP contribution in [-0.4, -0.2) is 19.0 Å². The second-order valence-electron chi connectivity index (χ2n) is 4.19. The highest BCUT2D eigenvalue weighted by Crippen LogP contribution is 2.24. The van der Waals surface area contributed by atoms with Crippen molar-refractivity contribution in [2.45, 2.75) is 24.3 Å². The van der Waals surface area contributed by atoms with Crippen molar-refractivity contribution in [1.29, 1.82) is 0 Å². The Morgan fingerprint density at radius 3 is 2.61 bits per heavy atom. The lowest BCUT2D eigenvalue weighted by Gasteiger charge is -2.14. The monoisotopic (exact) mass is 263 g/mol. The number of hydrogen-bond acceptors (Lipinski definition) is 3. The van der Waals surface area contributed by atoms with Crippen LogP contribution < -0.4 is 0 Å². The minimum atomic E-state index is -0.972. The number of aryl methyl sites for hydroxylation is 1.